The maximum atomic E-state index is 5.68. The van der Waals surface area contributed by atoms with Crippen molar-refractivity contribution in [1.29, 1.82) is 0 Å². The average molecular weight is 282 g/mol. The number of hydrogen-bond acceptors (Lipinski definition) is 4. The molecule has 0 aliphatic heterocycles. The molecular weight excluding hydrogens is 252 g/mol. The van der Waals surface area contributed by atoms with Crippen molar-refractivity contribution >= 4 is 0 Å². The summed E-state index contributed by atoms with van der Waals surface area (Å²) in [4.78, 5) is 4.42. The summed E-state index contributed by atoms with van der Waals surface area (Å²) in [6, 6.07) is 0.632. The molecule has 0 saturated carbocycles. The minimum absolute atomic E-state index is 0.226. The van der Waals surface area contributed by atoms with E-state index in [1.54, 1.807) is 13.4 Å². The molecular formula is C15H30N4O. The fourth-order valence-corrected chi connectivity index (χ4v) is 2.48. The maximum absolute atomic E-state index is 5.68. The molecule has 20 heavy (non-hydrogen) atoms. The molecule has 0 aromatic carbocycles. The first kappa shape index (κ1) is 17.1. The second kappa shape index (κ2) is 9.08. The van der Waals surface area contributed by atoms with Gasteiger partial charge in [0, 0.05) is 25.6 Å². The smallest absolute Gasteiger partial charge is 0.138 e. The SMILES string of the molecule is CCCNC(Cc1ncnn1C(C)C)C(CCC)OC. The van der Waals surface area contributed by atoms with E-state index in [1.165, 1.54) is 0 Å². The van der Waals surface area contributed by atoms with Crippen molar-refractivity contribution in [1.82, 2.24) is 20.1 Å². The van der Waals surface area contributed by atoms with Crippen molar-refractivity contribution in [2.75, 3.05) is 13.7 Å². The van der Waals surface area contributed by atoms with Gasteiger partial charge in [-0.15, -0.1) is 0 Å². The number of aromatic nitrogens is 3. The van der Waals surface area contributed by atoms with Crippen molar-refractivity contribution in [2.24, 2.45) is 0 Å². The van der Waals surface area contributed by atoms with Crippen LogP contribution in [0.5, 0.6) is 0 Å². The number of hydrogen-bond donors (Lipinski definition) is 1. The highest BCUT2D eigenvalue weighted by atomic mass is 16.5. The molecule has 1 heterocycles. The highest BCUT2D eigenvalue weighted by Gasteiger charge is 2.23. The molecule has 0 radical (unpaired) electrons. The van der Waals surface area contributed by atoms with Gasteiger partial charge in [0.1, 0.15) is 12.2 Å². The quantitative estimate of drug-likeness (QED) is 0.716. The lowest BCUT2D eigenvalue weighted by atomic mass is 10.0. The zero-order valence-corrected chi connectivity index (χ0v) is 13.6. The molecule has 2 unspecified atom stereocenters. The summed E-state index contributed by atoms with van der Waals surface area (Å²) >= 11 is 0. The first-order valence-electron chi connectivity index (χ1n) is 7.78. The molecule has 116 valence electrons. The van der Waals surface area contributed by atoms with Gasteiger partial charge in [0.2, 0.25) is 0 Å². The fourth-order valence-electron chi connectivity index (χ4n) is 2.48. The highest BCUT2D eigenvalue weighted by molar-refractivity contribution is 4.94. The van der Waals surface area contributed by atoms with Gasteiger partial charge in [-0.3, -0.25) is 0 Å². The molecule has 1 aromatic heterocycles. The maximum Gasteiger partial charge on any atom is 0.138 e. The summed E-state index contributed by atoms with van der Waals surface area (Å²) in [5.74, 6) is 1.03. The van der Waals surface area contributed by atoms with E-state index in [9.17, 15) is 0 Å². The zero-order valence-electron chi connectivity index (χ0n) is 13.6. The average Bonchev–Trinajstić information content (AvgIpc) is 2.89. The van der Waals surface area contributed by atoms with Gasteiger partial charge in [-0.1, -0.05) is 20.3 Å². The number of rotatable bonds is 10. The molecule has 0 saturated heterocycles. The predicted octanol–water partition coefficient (Wildman–Crippen LogP) is 2.58. The minimum Gasteiger partial charge on any atom is -0.380 e. The van der Waals surface area contributed by atoms with Crippen LogP contribution in [0.4, 0.5) is 0 Å². The van der Waals surface area contributed by atoms with E-state index >= 15 is 0 Å². The Morgan fingerprint density at radius 3 is 2.60 bits per heavy atom. The fraction of sp³-hybridized carbons (Fsp3) is 0.867. The predicted molar refractivity (Wildman–Crippen MR) is 81.9 cm³/mol. The summed E-state index contributed by atoms with van der Waals surface area (Å²) in [5.41, 5.74) is 0. The van der Waals surface area contributed by atoms with Crippen LogP contribution in [0.1, 0.15) is 58.8 Å². The number of nitrogens with one attached hydrogen (secondary N) is 1. The largest absolute Gasteiger partial charge is 0.380 e. The molecule has 0 amide bonds. The Morgan fingerprint density at radius 1 is 1.30 bits per heavy atom. The summed E-state index contributed by atoms with van der Waals surface area (Å²) < 4.78 is 7.68. The molecule has 1 aromatic rings. The second-order valence-corrected chi connectivity index (χ2v) is 5.54. The third-order valence-electron chi connectivity index (χ3n) is 3.52. The summed E-state index contributed by atoms with van der Waals surface area (Å²) in [7, 11) is 1.80. The lowest BCUT2D eigenvalue weighted by Gasteiger charge is -2.27. The summed E-state index contributed by atoms with van der Waals surface area (Å²) in [6.45, 7) is 9.64. The van der Waals surface area contributed by atoms with Crippen LogP contribution in [-0.4, -0.2) is 40.6 Å². The molecule has 2 atom stereocenters. The molecule has 0 aliphatic carbocycles. The van der Waals surface area contributed by atoms with Crippen molar-refractivity contribution in [2.45, 2.75) is 71.6 Å². The number of methoxy groups -OCH3 is 1. The molecule has 5 heteroatoms. The van der Waals surface area contributed by atoms with Crippen LogP contribution in [0.2, 0.25) is 0 Å². The Hall–Kier alpha value is -0.940. The molecule has 0 bridgehead atoms. The van der Waals surface area contributed by atoms with Gasteiger partial charge in [-0.2, -0.15) is 5.10 Å². The molecule has 0 spiro atoms. The van der Waals surface area contributed by atoms with Crippen molar-refractivity contribution in [3.05, 3.63) is 12.2 Å². The standard InChI is InChI=1S/C15H30N4O/c1-6-8-14(20-5)13(16-9-7-2)10-15-17-11-18-19(15)12(3)4/h11-14,16H,6-10H2,1-5H3. The van der Waals surface area contributed by atoms with Crippen LogP contribution in [0.25, 0.3) is 0 Å². The number of ether oxygens (including phenoxy) is 1. The van der Waals surface area contributed by atoms with Gasteiger partial charge < -0.3 is 10.1 Å². The van der Waals surface area contributed by atoms with E-state index in [0.29, 0.717) is 12.1 Å². The Labute approximate surface area is 123 Å². The second-order valence-electron chi connectivity index (χ2n) is 5.54. The van der Waals surface area contributed by atoms with Crippen LogP contribution in [-0.2, 0) is 11.2 Å². The molecule has 5 nitrogen and oxygen atoms in total. The first-order valence-corrected chi connectivity index (χ1v) is 7.78. The zero-order chi connectivity index (χ0) is 15.0. The topological polar surface area (TPSA) is 52.0 Å². The van der Waals surface area contributed by atoms with E-state index in [0.717, 1.165) is 38.1 Å². The van der Waals surface area contributed by atoms with E-state index in [4.69, 9.17) is 4.74 Å². The lowest BCUT2D eigenvalue weighted by molar-refractivity contribution is 0.0598. The van der Waals surface area contributed by atoms with Gasteiger partial charge in [-0.25, -0.2) is 9.67 Å². The van der Waals surface area contributed by atoms with Gasteiger partial charge >= 0.3 is 0 Å². The summed E-state index contributed by atoms with van der Waals surface area (Å²) in [5, 5.41) is 7.92. The molecule has 1 rings (SSSR count). The van der Waals surface area contributed by atoms with Gasteiger partial charge in [-0.05, 0) is 33.2 Å². The third kappa shape index (κ3) is 4.87. The molecule has 1 N–H and O–H groups in total. The van der Waals surface area contributed by atoms with Crippen LogP contribution < -0.4 is 5.32 Å². The van der Waals surface area contributed by atoms with E-state index < -0.39 is 0 Å². The van der Waals surface area contributed by atoms with Gasteiger partial charge in [0.05, 0.1) is 6.10 Å². The Bertz CT molecular complexity index is 365. The normalized spacial score (nSPS) is 14.7. The highest BCUT2D eigenvalue weighted by Crippen LogP contribution is 2.13. The van der Waals surface area contributed by atoms with Crippen molar-refractivity contribution in [3.8, 4) is 0 Å². The Kier molecular flexibility index (Phi) is 7.77. The van der Waals surface area contributed by atoms with Crippen LogP contribution in [0.15, 0.2) is 6.33 Å². The molecule has 0 fully saturated rings. The van der Waals surface area contributed by atoms with E-state index in [-0.39, 0.29) is 6.10 Å². The van der Waals surface area contributed by atoms with Crippen LogP contribution in [0.3, 0.4) is 0 Å². The van der Waals surface area contributed by atoms with E-state index in [1.807, 2.05) is 4.68 Å². The summed E-state index contributed by atoms with van der Waals surface area (Å²) in [6.07, 6.45) is 6.04. The Balaban J connectivity index is 2.79. The lowest BCUT2D eigenvalue weighted by Crippen LogP contribution is -2.43. The van der Waals surface area contributed by atoms with Gasteiger partial charge in [0.25, 0.3) is 0 Å². The monoisotopic (exact) mass is 282 g/mol. The Morgan fingerprint density at radius 2 is 2.05 bits per heavy atom. The van der Waals surface area contributed by atoms with E-state index in [2.05, 4.69) is 43.1 Å². The van der Waals surface area contributed by atoms with Gasteiger partial charge in [0.15, 0.2) is 0 Å². The van der Waals surface area contributed by atoms with Crippen LogP contribution >= 0.6 is 0 Å². The minimum atomic E-state index is 0.226. The first-order chi connectivity index (χ1) is 9.63. The van der Waals surface area contributed by atoms with Crippen molar-refractivity contribution in [3.63, 3.8) is 0 Å². The number of nitrogens with zero attached hydrogens (tertiary/aromatic N) is 3. The van der Waals surface area contributed by atoms with Crippen LogP contribution in [0, 0.1) is 0 Å². The third-order valence-corrected chi connectivity index (χ3v) is 3.52. The molecule has 0 aliphatic rings. The van der Waals surface area contributed by atoms with Crippen molar-refractivity contribution < 1.29 is 4.74 Å².